The van der Waals surface area contributed by atoms with Gasteiger partial charge in [0, 0.05) is 24.8 Å². The maximum Gasteiger partial charge on any atom is 0.239 e. The van der Waals surface area contributed by atoms with Crippen LogP contribution in [-0.4, -0.2) is 51.7 Å². The molecule has 1 atom stereocenters. The van der Waals surface area contributed by atoms with E-state index in [1.54, 1.807) is 12.5 Å². The minimum absolute atomic E-state index is 0.00607. The number of hydrogen-bond donors (Lipinski definition) is 3. The van der Waals surface area contributed by atoms with E-state index >= 15 is 0 Å². The first-order chi connectivity index (χ1) is 14.1. The van der Waals surface area contributed by atoms with Gasteiger partial charge in [0.25, 0.3) is 0 Å². The van der Waals surface area contributed by atoms with E-state index in [-0.39, 0.29) is 18.5 Å². The highest BCUT2D eigenvalue weighted by Gasteiger charge is 2.24. The number of aromatic nitrogens is 4. The number of benzene rings is 1. The Morgan fingerprint density at radius 3 is 3.03 bits per heavy atom. The quantitative estimate of drug-likeness (QED) is 0.596. The number of amides is 1. The van der Waals surface area contributed by atoms with Gasteiger partial charge in [0.15, 0.2) is 5.65 Å². The molecule has 3 aromatic rings. The normalized spacial score (nSPS) is 16.9. The molecule has 1 saturated heterocycles. The summed E-state index contributed by atoms with van der Waals surface area (Å²) in [4.78, 5) is 23.4. The molecule has 0 aliphatic carbocycles. The highest BCUT2D eigenvalue weighted by molar-refractivity contribution is 5.86. The van der Waals surface area contributed by atoms with Crippen molar-refractivity contribution in [1.82, 2.24) is 25.5 Å². The number of rotatable bonds is 6. The molecule has 2 aromatic heterocycles. The molecule has 1 aliphatic rings. The number of nitrogens with zero attached hydrogens (tertiary/aromatic N) is 4. The number of hydrogen-bond acceptors (Lipinski definition) is 6. The molecule has 1 amide bonds. The van der Waals surface area contributed by atoms with Crippen molar-refractivity contribution < 1.29 is 4.79 Å². The molecule has 1 fully saturated rings. The Labute approximate surface area is 170 Å². The van der Waals surface area contributed by atoms with Crippen molar-refractivity contribution in [2.45, 2.75) is 38.6 Å². The van der Waals surface area contributed by atoms with Crippen LogP contribution in [0.2, 0.25) is 0 Å². The summed E-state index contributed by atoms with van der Waals surface area (Å²) in [6.45, 7) is 6.21. The maximum atomic E-state index is 12.5. The van der Waals surface area contributed by atoms with Crippen LogP contribution >= 0.6 is 0 Å². The summed E-state index contributed by atoms with van der Waals surface area (Å²) in [5, 5.41) is 14.3. The molecule has 0 bridgehead atoms. The SMILES string of the molecule is CC(C)c1ccccc1NCC(=O)N[C@@H]1CCCN(c2ncnc3[nH]ncc23)C1. The van der Waals surface area contributed by atoms with Crippen LogP contribution < -0.4 is 15.5 Å². The van der Waals surface area contributed by atoms with Crippen LogP contribution in [0.5, 0.6) is 0 Å². The molecule has 0 saturated carbocycles. The largest absolute Gasteiger partial charge is 0.376 e. The van der Waals surface area contributed by atoms with Crippen LogP contribution in [0.25, 0.3) is 11.0 Å². The summed E-state index contributed by atoms with van der Waals surface area (Å²) in [5.41, 5.74) is 2.97. The van der Waals surface area contributed by atoms with Gasteiger partial charge in [-0.15, -0.1) is 0 Å². The van der Waals surface area contributed by atoms with E-state index in [1.807, 2.05) is 18.2 Å². The highest BCUT2D eigenvalue weighted by Crippen LogP contribution is 2.25. The topological polar surface area (TPSA) is 98.8 Å². The van der Waals surface area contributed by atoms with Gasteiger partial charge < -0.3 is 15.5 Å². The third kappa shape index (κ3) is 4.31. The summed E-state index contributed by atoms with van der Waals surface area (Å²) < 4.78 is 0. The van der Waals surface area contributed by atoms with Crippen molar-refractivity contribution in [3.8, 4) is 0 Å². The van der Waals surface area contributed by atoms with E-state index in [2.05, 4.69) is 55.6 Å². The molecule has 0 spiro atoms. The molecule has 4 rings (SSSR count). The molecule has 3 heterocycles. The van der Waals surface area contributed by atoms with E-state index in [0.29, 0.717) is 5.92 Å². The molecule has 152 valence electrons. The minimum atomic E-state index is 0.00607. The van der Waals surface area contributed by atoms with Crippen LogP contribution in [0.3, 0.4) is 0 Å². The third-order valence-corrected chi connectivity index (χ3v) is 5.34. The van der Waals surface area contributed by atoms with Crippen LogP contribution in [-0.2, 0) is 4.79 Å². The molecule has 1 aromatic carbocycles. The van der Waals surface area contributed by atoms with Gasteiger partial charge in [-0.2, -0.15) is 5.10 Å². The van der Waals surface area contributed by atoms with Gasteiger partial charge in [-0.25, -0.2) is 9.97 Å². The predicted molar refractivity (Wildman–Crippen MR) is 114 cm³/mol. The Bertz CT molecular complexity index is 984. The number of carbonyl (C=O) groups excluding carboxylic acids is 1. The predicted octanol–water partition coefficient (Wildman–Crippen LogP) is 2.67. The standard InChI is InChI=1S/C21H27N7O/c1-14(2)16-7-3-4-8-18(16)22-11-19(29)26-15-6-5-9-28(12-15)21-17-10-25-27-20(17)23-13-24-21/h3-4,7-8,10,13-15,22H,5-6,9,11-12H2,1-2H3,(H,26,29)(H,23,24,25,27)/t15-/m1/s1. The van der Waals surface area contributed by atoms with Crippen molar-refractivity contribution >= 4 is 28.4 Å². The molecule has 1 aliphatic heterocycles. The second-order valence-electron chi connectivity index (χ2n) is 7.78. The zero-order valence-corrected chi connectivity index (χ0v) is 16.9. The van der Waals surface area contributed by atoms with E-state index < -0.39 is 0 Å². The molecule has 8 heteroatoms. The molecular formula is C21H27N7O. The molecular weight excluding hydrogens is 366 g/mol. The molecule has 0 radical (unpaired) electrons. The van der Waals surface area contributed by atoms with Gasteiger partial charge in [0.2, 0.25) is 5.91 Å². The van der Waals surface area contributed by atoms with Crippen molar-refractivity contribution in [1.29, 1.82) is 0 Å². The first kappa shape index (κ1) is 19.2. The lowest BCUT2D eigenvalue weighted by atomic mass is 10.0. The lowest BCUT2D eigenvalue weighted by Gasteiger charge is -2.34. The number of fused-ring (bicyclic) bond motifs is 1. The average molecular weight is 393 g/mol. The van der Waals surface area contributed by atoms with E-state index in [4.69, 9.17) is 0 Å². The monoisotopic (exact) mass is 393 g/mol. The van der Waals surface area contributed by atoms with Gasteiger partial charge in [-0.1, -0.05) is 32.0 Å². The van der Waals surface area contributed by atoms with Gasteiger partial charge in [-0.05, 0) is 30.4 Å². The number of nitrogens with one attached hydrogen (secondary N) is 3. The molecule has 0 unspecified atom stereocenters. The first-order valence-electron chi connectivity index (χ1n) is 10.1. The third-order valence-electron chi connectivity index (χ3n) is 5.34. The van der Waals surface area contributed by atoms with E-state index in [1.165, 1.54) is 5.56 Å². The zero-order valence-electron chi connectivity index (χ0n) is 16.9. The average Bonchev–Trinajstić information content (AvgIpc) is 3.21. The van der Waals surface area contributed by atoms with Gasteiger partial charge >= 0.3 is 0 Å². The summed E-state index contributed by atoms with van der Waals surface area (Å²) in [5.74, 6) is 1.28. The Balaban J connectivity index is 1.36. The van der Waals surface area contributed by atoms with Crippen LogP contribution in [0, 0.1) is 0 Å². The fourth-order valence-corrected chi connectivity index (χ4v) is 3.91. The lowest BCUT2D eigenvalue weighted by molar-refractivity contribution is -0.120. The number of H-pyrrole nitrogens is 1. The van der Waals surface area contributed by atoms with Crippen LogP contribution in [0.1, 0.15) is 38.2 Å². The van der Waals surface area contributed by atoms with Crippen LogP contribution in [0.4, 0.5) is 11.5 Å². The second kappa shape index (κ2) is 8.46. The Hall–Kier alpha value is -3.16. The Morgan fingerprint density at radius 1 is 1.31 bits per heavy atom. The molecule has 29 heavy (non-hydrogen) atoms. The summed E-state index contributed by atoms with van der Waals surface area (Å²) in [6, 6.07) is 8.23. The Morgan fingerprint density at radius 2 is 2.17 bits per heavy atom. The maximum absolute atomic E-state index is 12.5. The fourth-order valence-electron chi connectivity index (χ4n) is 3.91. The van der Waals surface area contributed by atoms with Gasteiger partial charge in [0.1, 0.15) is 12.1 Å². The van der Waals surface area contributed by atoms with Crippen molar-refractivity contribution in [3.05, 3.63) is 42.4 Å². The number of para-hydroxylation sites is 1. The highest BCUT2D eigenvalue weighted by atomic mass is 16.2. The summed E-state index contributed by atoms with van der Waals surface area (Å²) in [7, 11) is 0. The molecule has 8 nitrogen and oxygen atoms in total. The fraction of sp³-hybridized carbons (Fsp3) is 0.429. The molecule has 3 N–H and O–H groups in total. The van der Waals surface area contributed by atoms with Gasteiger partial charge in [-0.3, -0.25) is 9.89 Å². The smallest absolute Gasteiger partial charge is 0.239 e. The number of aromatic amines is 1. The first-order valence-corrected chi connectivity index (χ1v) is 10.1. The number of carbonyl (C=O) groups is 1. The Kier molecular flexibility index (Phi) is 5.59. The van der Waals surface area contributed by atoms with E-state index in [9.17, 15) is 4.79 Å². The minimum Gasteiger partial charge on any atom is -0.376 e. The summed E-state index contributed by atoms with van der Waals surface area (Å²) in [6.07, 6.45) is 5.26. The van der Waals surface area contributed by atoms with Crippen molar-refractivity contribution in [2.24, 2.45) is 0 Å². The van der Waals surface area contributed by atoms with Crippen molar-refractivity contribution in [2.75, 3.05) is 29.9 Å². The van der Waals surface area contributed by atoms with Gasteiger partial charge in [0.05, 0.1) is 18.1 Å². The second-order valence-corrected chi connectivity index (χ2v) is 7.78. The number of piperidine rings is 1. The zero-order chi connectivity index (χ0) is 20.2. The number of anilines is 2. The van der Waals surface area contributed by atoms with E-state index in [0.717, 1.165) is 48.5 Å². The van der Waals surface area contributed by atoms with Crippen LogP contribution in [0.15, 0.2) is 36.8 Å². The lowest BCUT2D eigenvalue weighted by Crippen LogP contribution is -2.49. The summed E-state index contributed by atoms with van der Waals surface area (Å²) >= 11 is 0. The van der Waals surface area contributed by atoms with Crippen molar-refractivity contribution in [3.63, 3.8) is 0 Å².